The maximum Gasteiger partial charge on any atom is 0.160 e. The van der Waals surface area contributed by atoms with E-state index in [-0.39, 0.29) is 24.2 Å². The Morgan fingerprint density at radius 3 is 2.69 bits per heavy atom. The molecule has 0 fully saturated rings. The minimum Gasteiger partial charge on any atom is -0.327 e. The molecule has 0 aliphatic heterocycles. The van der Waals surface area contributed by atoms with Crippen molar-refractivity contribution >= 4 is 18.2 Å². The summed E-state index contributed by atoms with van der Waals surface area (Å²) < 4.78 is 0. The van der Waals surface area contributed by atoms with Gasteiger partial charge in [-0.25, -0.2) is 0 Å². The van der Waals surface area contributed by atoms with Gasteiger partial charge in [0.15, 0.2) is 5.78 Å². The van der Waals surface area contributed by atoms with Crippen LogP contribution in [0.1, 0.15) is 40.4 Å². The second-order valence-electron chi connectivity index (χ2n) is 4.49. The first-order valence-electron chi connectivity index (χ1n) is 5.47. The van der Waals surface area contributed by atoms with E-state index >= 15 is 0 Å². The van der Waals surface area contributed by atoms with Crippen LogP contribution in [0.15, 0.2) is 12.1 Å². The molecule has 0 spiro atoms. The van der Waals surface area contributed by atoms with Crippen molar-refractivity contribution in [2.75, 3.05) is 0 Å². The van der Waals surface area contributed by atoms with Crippen molar-refractivity contribution in [1.29, 1.82) is 0 Å². The third-order valence-corrected chi connectivity index (χ3v) is 3.19. The van der Waals surface area contributed by atoms with Crippen molar-refractivity contribution in [2.45, 2.75) is 39.2 Å². The highest BCUT2D eigenvalue weighted by atomic mass is 35.5. The lowest BCUT2D eigenvalue weighted by molar-refractivity contribution is 0.101. The number of fused-ring (bicyclic) bond motifs is 1. The monoisotopic (exact) mass is 239 g/mol. The van der Waals surface area contributed by atoms with Gasteiger partial charge in [0.1, 0.15) is 0 Å². The molecule has 1 aliphatic rings. The van der Waals surface area contributed by atoms with Crippen LogP contribution in [-0.4, -0.2) is 11.8 Å². The highest BCUT2D eigenvalue weighted by Crippen LogP contribution is 2.24. The molecule has 1 atom stereocenters. The van der Waals surface area contributed by atoms with Crippen LogP contribution < -0.4 is 5.73 Å². The van der Waals surface area contributed by atoms with Gasteiger partial charge in [-0.3, -0.25) is 4.79 Å². The molecule has 3 heteroatoms. The van der Waals surface area contributed by atoms with Crippen molar-refractivity contribution in [2.24, 2.45) is 5.73 Å². The number of hydrogen-bond donors (Lipinski definition) is 1. The number of ketones is 1. The standard InChI is InChI=1S/C13H17NO.ClH/c1-8-5-10-3-4-12(14)6-11(10)7-13(8)9(2)15;/h5,7,12H,3-4,6,14H2,1-2H3;1H/t12-;/m1./s1. The van der Waals surface area contributed by atoms with Crippen LogP contribution in [0.4, 0.5) is 0 Å². The van der Waals surface area contributed by atoms with Crippen LogP contribution in [0, 0.1) is 6.92 Å². The van der Waals surface area contributed by atoms with Crippen molar-refractivity contribution in [1.82, 2.24) is 0 Å². The van der Waals surface area contributed by atoms with E-state index in [1.165, 1.54) is 11.1 Å². The molecule has 0 unspecified atom stereocenters. The number of nitrogens with two attached hydrogens (primary N) is 1. The SMILES string of the molecule is CC(=O)c1cc2c(cc1C)CC[C@@H](N)C2.Cl. The summed E-state index contributed by atoms with van der Waals surface area (Å²) in [5.41, 5.74) is 10.5. The van der Waals surface area contributed by atoms with Crippen LogP contribution in [0.5, 0.6) is 0 Å². The van der Waals surface area contributed by atoms with E-state index in [1.807, 2.05) is 13.0 Å². The molecule has 0 heterocycles. The molecule has 0 saturated carbocycles. The fourth-order valence-electron chi connectivity index (χ4n) is 2.34. The second kappa shape index (κ2) is 4.98. The van der Waals surface area contributed by atoms with Crippen molar-refractivity contribution in [3.05, 3.63) is 34.4 Å². The molecule has 2 nitrogen and oxygen atoms in total. The molecule has 1 aromatic carbocycles. The number of halogens is 1. The summed E-state index contributed by atoms with van der Waals surface area (Å²) in [4.78, 5) is 11.4. The zero-order valence-electron chi connectivity index (χ0n) is 9.75. The first-order valence-corrected chi connectivity index (χ1v) is 5.47. The average molecular weight is 240 g/mol. The molecule has 16 heavy (non-hydrogen) atoms. The number of rotatable bonds is 1. The van der Waals surface area contributed by atoms with E-state index in [0.717, 1.165) is 30.4 Å². The summed E-state index contributed by atoms with van der Waals surface area (Å²) >= 11 is 0. The average Bonchev–Trinajstić information content (AvgIpc) is 2.17. The second-order valence-corrected chi connectivity index (χ2v) is 4.49. The van der Waals surface area contributed by atoms with Gasteiger partial charge in [-0.15, -0.1) is 12.4 Å². The van der Waals surface area contributed by atoms with Gasteiger partial charge in [-0.05, 0) is 55.9 Å². The topological polar surface area (TPSA) is 43.1 Å². The molecule has 0 bridgehead atoms. The Labute approximate surface area is 103 Å². The predicted octanol–water partition coefficient (Wildman–Crippen LogP) is 2.44. The number of aryl methyl sites for hydroxylation is 2. The van der Waals surface area contributed by atoms with Gasteiger partial charge in [0.2, 0.25) is 0 Å². The number of Topliss-reactive ketones (excluding diaryl/α,β-unsaturated/α-hetero) is 1. The number of carbonyl (C=O) groups is 1. The Balaban J connectivity index is 0.00000128. The van der Waals surface area contributed by atoms with Gasteiger partial charge >= 0.3 is 0 Å². The third kappa shape index (κ3) is 2.45. The third-order valence-electron chi connectivity index (χ3n) is 3.19. The summed E-state index contributed by atoms with van der Waals surface area (Å²) in [5, 5.41) is 0. The first kappa shape index (κ1) is 13.2. The predicted molar refractivity (Wildman–Crippen MR) is 68.4 cm³/mol. The quantitative estimate of drug-likeness (QED) is 0.765. The summed E-state index contributed by atoms with van der Waals surface area (Å²) in [5.74, 6) is 0.148. The largest absolute Gasteiger partial charge is 0.327 e. The zero-order valence-corrected chi connectivity index (χ0v) is 10.6. The lowest BCUT2D eigenvalue weighted by atomic mass is 9.85. The van der Waals surface area contributed by atoms with E-state index in [4.69, 9.17) is 5.73 Å². The van der Waals surface area contributed by atoms with E-state index in [2.05, 4.69) is 6.07 Å². The number of benzene rings is 1. The van der Waals surface area contributed by atoms with Crippen molar-refractivity contribution in [3.8, 4) is 0 Å². The van der Waals surface area contributed by atoms with E-state index < -0.39 is 0 Å². The van der Waals surface area contributed by atoms with Crippen LogP contribution >= 0.6 is 12.4 Å². The van der Waals surface area contributed by atoms with E-state index in [1.54, 1.807) is 6.92 Å². The molecular weight excluding hydrogens is 222 g/mol. The van der Waals surface area contributed by atoms with Crippen molar-refractivity contribution in [3.63, 3.8) is 0 Å². The van der Waals surface area contributed by atoms with Gasteiger partial charge < -0.3 is 5.73 Å². The fraction of sp³-hybridized carbons (Fsp3) is 0.462. The number of carbonyl (C=O) groups excluding carboxylic acids is 1. The van der Waals surface area contributed by atoms with E-state index in [0.29, 0.717) is 0 Å². The summed E-state index contributed by atoms with van der Waals surface area (Å²) in [6.07, 6.45) is 3.03. The van der Waals surface area contributed by atoms with Gasteiger partial charge in [-0.1, -0.05) is 6.07 Å². The summed E-state index contributed by atoms with van der Waals surface area (Å²) in [7, 11) is 0. The molecule has 2 N–H and O–H groups in total. The Hall–Kier alpha value is -0.860. The van der Waals surface area contributed by atoms with Gasteiger partial charge in [-0.2, -0.15) is 0 Å². The lowest BCUT2D eigenvalue weighted by Gasteiger charge is -2.22. The maximum atomic E-state index is 11.4. The van der Waals surface area contributed by atoms with Gasteiger partial charge in [0.25, 0.3) is 0 Å². The molecule has 0 amide bonds. The van der Waals surface area contributed by atoms with Crippen LogP contribution in [0.3, 0.4) is 0 Å². The summed E-state index contributed by atoms with van der Waals surface area (Å²) in [6, 6.07) is 4.45. The zero-order chi connectivity index (χ0) is 11.0. The van der Waals surface area contributed by atoms with Crippen LogP contribution in [-0.2, 0) is 12.8 Å². The fourth-order valence-corrected chi connectivity index (χ4v) is 2.34. The highest BCUT2D eigenvalue weighted by molar-refractivity contribution is 5.95. The Morgan fingerprint density at radius 2 is 2.06 bits per heavy atom. The smallest absolute Gasteiger partial charge is 0.160 e. The molecule has 88 valence electrons. The Bertz CT molecular complexity index is 415. The van der Waals surface area contributed by atoms with Crippen LogP contribution in [0.2, 0.25) is 0 Å². The molecule has 0 radical (unpaired) electrons. The first-order chi connectivity index (χ1) is 7.08. The molecule has 1 aromatic rings. The number of hydrogen-bond acceptors (Lipinski definition) is 2. The minimum atomic E-state index is 0. The van der Waals surface area contributed by atoms with Gasteiger partial charge in [0, 0.05) is 11.6 Å². The Kier molecular flexibility index (Phi) is 4.11. The normalized spacial score (nSPS) is 18.6. The lowest BCUT2D eigenvalue weighted by Crippen LogP contribution is -2.28. The van der Waals surface area contributed by atoms with Crippen molar-refractivity contribution < 1.29 is 4.79 Å². The van der Waals surface area contributed by atoms with E-state index in [9.17, 15) is 4.79 Å². The molecule has 2 rings (SSSR count). The molecular formula is C13H18ClNO. The molecule has 0 aromatic heterocycles. The maximum absolute atomic E-state index is 11.4. The van der Waals surface area contributed by atoms with Crippen LogP contribution in [0.25, 0.3) is 0 Å². The molecule has 1 aliphatic carbocycles. The Morgan fingerprint density at radius 1 is 1.38 bits per heavy atom. The van der Waals surface area contributed by atoms with Gasteiger partial charge in [0.05, 0.1) is 0 Å². The molecule has 0 saturated heterocycles. The minimum absolute atomic E-state index is 0. The highest BCUT2D eigenvalue weighted by Gasteiger charge is 2.17. The summed E-state index contributed by atoms with van der Waals surface area (Å²) in [6.45, 7) is 3.63.